The van der Waals surface area contributed by atoms with Gasteiger partial charge in [-0.15, -0.1) is 0 Å². The zero-order valence-electron chi connectivity index (χ0n) is 11.8. The summed E-state index contributed by atoms with van der Waals surface area (Å²) in [6.07, 6.45) is 8.63. The van der Waals surface area contributed by atoms with E-state index in [1.807, 2.05) is 37.3 Å². The van der Waals surface area contributed by atoms with Gasteiger partial charge in [-0.2, -0.15) is 14.9 Å². The molecule has 0 aliphatic rings. The second kappa shape index (κ2) is 6.31. The summed E-state index contributed by atoms with van der Waals surface area (Å²) in [4.78, 5) is 4.08. The summed E-state index contributed by atoms with van der Waals surface area (Å²) in [5.74, 6) is 1.38. The lowest BCUT2D eigenvalue weighted by atomic mass is 10.3. The Bertz CT molecular complexity index is 859. The van der Waals surface area contributed by atoms with Crippen molar-refractivity contribution in [2.24, 2.45) is 5.10 Å². The first-order valence-electron chi connectivity index (χ1n) is 6.58. The van der Waals surface area contributed by atoms with Crippen molar-refractivity contribution in [3.63, 3.8) is 0 Å². The van der Waals surface area contributed by atoms with E-state index in [1.165, 1.54) is 0 Å². The Morgan fingerprint density at radius 3 is 3.05 bits per heavy atom. The summed E-state index contributed by atoms with van der Waals surface area (Å²) >= 11 is 5.21. The van der Waals surface area contributed by atoms with Crippen molar-refractivity contribution in [2.75, 3.05) is 0 Å². The van der Waals surface area contributed by atoms with Gasteiger partial charge < -0.3 is 4.42 Å². The van der Waals surface area contributed by atoms with Gasteiger partial charge in [0.1, 0.15) is 5.76 Å². The normalized spacial score (nSPS) is 12.1. The van der Waals surface area contributed by atoms with E-state index in [0.29, 0.717) is 10.6 Å². The van der Waals surface area contributed by atoms with Crippen molar-refractivity contribution in [3.8, 4) is 11.4 Å². The molecule has 0 aliphatic carbocycles. The summed E-state index contributed by atoms with van der Waals surface area (Å²) in [5, 5.41) is 11.3. The average molecular weight is 311 g/mol. The minimum atomic E-state index is 0.418. The molecular formula is C15H13N5OS. The van der Waals surface area contributed by atoms with E-state index in [-0.39, 0.29) is 0 Å². The highest BCUT2D eigenvalue weighted by molar-refractivity contribution is 7.71. The number of nitrogens with one attached hydrogen (secondary N) is 1. The Kier molecular flexibility index (Phi) is 4.06. The van der Waals surface area contributed by atoms with Gasteiger partial charge in [-0.25, -0.2) is 5.10 Å². The maximum Gasteiger partial charge on any atom is 0.216 e. The summed E-state index contributed by atoms with van der Waals surface area (Å²) in [7, 11) is 0. The van der Waals surface area contributed by atoms with Crippen LogP contribution in [0.25, 0.3) is 17.5 Å². The third-order valence-corrected chi connectivity index (χ3v) is 3.12. The largest absolute Gasteiger partial charge is 0.465 e. The molecule has 0 radical (unpaired) electrons. The van der Waals surface area contributed by atoms with Crippen LogP contribution in [0.2, 0.25) is 0 Å². The minimum absolute atomic E-state index is 0.418. The Labute approximate surface area is 131 Å². The molecule has 0 fully saturated rings. The van der Waals surface area contributed by atoms with Crippen LogP contribution in [-0.4, -0.2) is 26.1 Å². The quantitative estimate of drug-likeness (QED) is 0.591. The second-order valence-electron chi connectivity index (χ2n) is 4.55. The monoisotopic (exact) mass is 311 g/mol. The SMILES string of the molecule is C/C(C=Nn1c(-c2cccnc2)n[nH]c1=S)=C\c1ccco1. The highest BCUT2D eigenvalue weighted by atomic mass is 32.1. The third-order valence-electron chi connectivity index (χ3n) is 2.86. The zero-order valence-corrected chi connectivity index (χ0v) is 12.6. The number of aromatic amines is 1. The molecule has 1 N–H and O–H groups in total. The lowest BCUT2D eigenvalue weighted by Gasteiger charge is -1.99. The molecule has 0 unspecified atom stereocenters. The average Bonchev–Trinajstić information content (AvgIpc) is 3.16. The Morgan fingerprint density at radius 1 is 1.41 bits per heavy atom. The van der Waals surface area contributed by atoms with Crippen molar-refractivity contribution in [1.29, 1.82) is 0 Å². The molecule has 7 heteroatoms. The number of nitrogens with zero attached hydrogens (tertiary/aromatic N) is 4. The van der Waals surface area contributed by atoms with Gasteiger partial charge in [-0.3, -0.25) is 4.98 Å². The number of hydrogen-bond donors (Lipinski definition) is 1. The smallest absolute Gasteiger partial charge is 0.216 e. The molecular weight excluding hydrogens is 298 g/mol. The number of aromatic nitrogens is 4. The van der Waals surface area contributed by atoms with Crippen LogP contribution in [0.5, 0.6) is 0 Å². The molecule has 0 atom stereocenters. The van der Waals surface area contributed by atoms with Crippen molar-refractivity contribution < 1.29 is 4.42 Å². The van der Waals surface area contributed by atoms with Gasteiger partial charge in [0.05, 0.1) is 12.5 Å². The van der Waals surface area contributed by atoms with Gasteiger partial charge >= 0.3 is 0 Å². The maximum atomic E-state index is 5.27. The van der Waals surface area contributed by atoms with Gasteiger partial charge in [0.15, 0.2) is 5.82 Å². The topological polar surface area (TPSA) is 72.0 Å². The second-order valence-corrected chi connectivity index (χ2v) is 4.94. The number of pyridine rings is 1. The number of rotatable bonds is 4. The number of H-pyrrole nitrogens is 1. The summed E-state index contributed by atoms with van der Waals surface area (Å²) in [6.45, 7) is 1.93. The minimum Gasteiger partial charge on any atom is -0.465 e. The highest BCUT2D eigenvalue weighted by Crippen LogP contribution is 2.15. The molecule has 3 aromatic rings. The molecule has 0 saturated heterocycles. The molecule has 0 amide bonds. The standard InChI is InChI=1S/C15H13N5OS/c1-11(8-13-5-3-7-21-13)9-17-20-14(18-19-15(20)22)12-4-2-6-16-10-12/h2-10H,1H3,(H,19,22)/b11-8+,17-9?. The molecule has 3 aromatic heterocycles. The van der Waals surface area contributed by atoms with Crippen LogP contribution in [-0.2, 0) is 0 Å². The molecule has 3 rings (SSSR count). The van der Waals surface area contributed by atoms with E-state index >= 15 is 0 Å². The van der Waals surface area contributed by atoms with Gasteiger partial charge in [0.25, 0.3) is 0 Å². The Morgan fingerprint density at radius 2 is 2.32 bits per heavy atom. The Hall–Kier alpha value is -2.80. The molecule has 3 heterocycles. The lowest BCUT2D eigenvalue weighted by molar-refractivity contribution is 0.557. The molecule has 6 nitrogen and oxygen atoms in total. The van der Waals surface area contributed by atoms with Crippen LogP contribution in [0, 0.1) is 4.77 Å². The number of hydrogen-bond acceptors (Lipinski definition) is 5. The van der Waals surface area contributed by atoms with Gasteiger partial charge in [0.2, 0.25) is 4.77 Å². The van der Waals surface area contributed by atoms with E-state index in [2.05, 4.69) is 20.3 Å². The maximum absolute atomic E-state index is 5.27. The fourth-order valence-electron chi connectivity index (χ4n) is 1.86. The molecule has 0 bridgehead atoms. The van der Waals surface area contributed by atoms with Crippen molar-refractivity contribution in [2.45, 2.75) is 6.92 Å². The third kappa shape index (κ3) is 3.09. The van der Waals surface area contributed by atoms with Crippen LogP contribution < -0.4 is 0 Å². The van der Waals surface area contributed by atoms with Gasteiger partial charge in [-0.1, -0.05) is 0 Å². The predicted molar refractivity (Wildman–Crippen MR) is 86.9 cm³/mol. The Balaban J connectivity index is 1.91. The van der Waals surface area contributed by atoms with E-state index in [1.54, 1.807) is 29.5 Å². The molecule has 0 saturated carbocycles. The van der Waals surface area contributed by atoms with Crippen LogP contribution in [0.3, 0.4) is 0 Å². The van der Waals surface area contributed by atoms with Crippen molar-refractivity contribution in [1.82, 2.24) is 19.9 Å². The summed E-state index contributed by atoms with van der Waals surface area (Å²) in [5.41, 5.74) is 1.76. The molecule has 0 aromatic carbocycles. The van der Waals surface area contributed by atoms with Crippen molar-refractivity contribution >= 4 is 24.5 Å². The molecule has 22 heavy (non-hydrogen) atoms. The first-order chi connectivity index (χ1) is 10.7. The highest BCUT2D eigenvalue weighted by Gasteiger charge is 2.07. The molecule has 0 aliphatic heterocycles. The predicted octanol–water partition coefficient (Wildman–Crippen LogP) is 3.53. The van der Waals surface area contributed by atoms with Crippen molar-refractivity contribution in [3.05, 3.63) is 59.0 Å². The number of allylic oxidation sites excluding steroid dienone is 1. The molecule has 0 spiro atoms. The molecule has 110 valence electrons. The van der Waals surface area contributed by atoms with Gasteiger partial charge in [-0.05, 0) is 55.1 Å². The number of furan rings is 1. The van der Waals surface area contributed by atoms with E-state index in [9.17, 15) is 0 Å². The van der Waals surface area contributed by atoms with Crippen LogP contribution in [0.15, 0.2) is 58.0 Å². The van der Waals surface area contributed by atoms with E-state index in [0.717, 1.165) is 16.9 Å². The first kappa shape index (κ1) is 14.2. The fourth-order valence-corrected chi connectivity index (χ4v) is 2.04. The lowest BCUT2D eigenvalue weighted by Crippen LogP contribution is -1.95. The van der Waals surface area contributed by atoms with E-state index in [4.69, 9.17) is 16.6 Å². The van der Waals surface area contributed by atoms with Crippen LogP contribution in [0.1, 0.15) is 12.7 Å². The van der Waals surface area contributed by atoms with E-state index < -0.39 is 0 Å². The zero-order chi connectivity index (χ0) is 15.4. The first-order valence-corrected chi connectivity index (χ1v) is 6.99. The van der Waals surface area contributed by atoms with Gasteiger partial charge in [0, 0.05) is 18.0 Å². The summed E-state index contributed by atoms with van der Waals surface area (Å²) < 4.78 is 7.24. The van der Waals surface area contributed by atoms with Crippen LogP contribution in [0.4, 0.5) is 0 Å². The fraction of sp³-hybridized carbons (Fsp3) is 0.0667. The summed E-state index contributed by atoms with van der Waals surface area (Å²) in [6, 6.07) is 7.45. The van der Waals surface area contributed by atoms with Crippen LogP contribution >= 0.6 is 12.2 Å².